The third kappa shape index (κ3) is 3.13. The number of hydrogen-bond donors (Lipinski definition) is 1. The highest BCUT2D eigenvalue weighted by Gasteiger charge is 2.29. The van der Waals surface area contributed by atoms with Crippen LogP contribution in [0.5, 0.6) is 5.75 Å². The summed E-state index contributed by atoms with van der Waals surface area (Å²) in [5.41, 5.74) is 1.12. The van der Waals surface area contributed by atoms with Crippen LogP contribution in [-0.4, -0.2) is 27.0 Å². The van der Waals surface area contributed by atoms with Crippen LogP contribution in [0.2, 0.25) is 0 Å². The van der Waals surface area contributed by atoms with Gasteiger partial charge in [0.05, 0.1) is 24.6 Å². The van der Waals surface area contributed by atoms with Crippen molar-refractivity contribution in [3.8, 4) is 33.4 Å². The Labute approximate surface area is 187 Å². The Kier molecular flexibility index (Phi) is 4.23. The largest absolute Gasteiger partial charge is 0.497 e. The first-order chi connectivity index (χ1) is 16.1. The Hall–Kier alpha value is -4.51. The van der Waals surface area contributed by atoms with Gasteiger partial charge in [0.2, 0.25) is 15.7 Å². The molecule has 4 heterocycles. The highest BCUT2D eigenvalue weighted by molar-refractivity contribution is 7.19. The molecule has 33 heavy (non-hydrogen) atoms. The number of para-hydroxylation sites is 1. The summed E-state index contributed by atoms with van der Waals surface area (Å²) in [6.07, 6.45) is 1.63. The van der Waals surface area contributed by atoms with Crippen molar-refractivity contribution in [3.63, 3.8) is 0 Å². The number of aromatic nitrogens is 5. The second kappa shape index (κ2) is 7.28. The Balaban J connectivity index is 1.43. The van der Waals surface area contributed by atoms with E-state index in [0.717, 1.165) is 5.39 Å². The lowest BCUT2D eigenvalue weighted by Crippen LogP contribution is -2.36. The maximum atomic E-state index is 12.5. The summed E-state index contributed by atoms with van der Waals surface area (Å²) in [6.45, 7) is 0. The summed E-state index contributed by atoms with van der Waals surface area (Å²) in [4.78, 5) is 29.9. The monoisotopic (exact) mass is 460 g/mol. The number of rotatable bonds is 4. The van der Waals surface area contributed by atoms with Gasteiger partial charge in [0.15, 0.2) is 0 Å². The van der Waals surface area contributed by atoms with E-state index in [9.17, 15) is 9.59 Å². The Morgan fingerprint density at radius 3 is 2.70 bits per heavy atom. The van der Waals surface area contributed by atoms with Crippen molar-refractivity contribution in [1.82, 2.24) is 19.9 Å². The number of nitrogens with zero attached hydrogens (tertiary/aromatic N) is 4. The van der Waals surface area contributed by atoms with Gasteiger partial charge < -0.3 is 9.15 Å². The molecule has 0 radical (unpaired) electrons. The molecule has 11 heteroatoms. The molecule has 0 aliphatic carbocycles. The van der Waals surface area contributed by atoms with Crippen LogP contribution in [0.4, 0.5) is 0 Å². The fourth-order valence-electron chi connectivity index (χ4n) is 3.53. The maximum Gasteiger partial charge on any atom is 0.438 e. The number of methoxy groups -OCH3 is 1. The van der Waals surface area contributed by atoms with E-state index in [1.807, 2.05) is 12.1 Å². The molecule has 0 spiro atoms. The highest BCUT2D eigenvalue weighted by Crippen LogP contribution is 2.26. The Bertz CT molecular complexity index is 1720. The van der Waals surface area contributed by atoms with E-state index >= 15 is 0 Å². The predicted octanol–water partition coefficient (Wildman–Crippen LogP) is 2.80. The molecule has 2 aromatic carbocycles. The molecule has 0 bridgehead atoms. The minimum absolute atomic E-state index is 0.224. The van der Waals surface area contributed by atoms with Gasteiger partial charge in [-0.25, -0.2) is 19.1 Å². The smallest absolute Gasteiger partial charge is 0.438 e. The molecule has 0 atom stereocenters. The summed E-state index contributed by atoms with van der Waals surface area (Å²) in [5, 5.41) is 8.28. The number of nitrogens with one attached hydrogen (secondary N) is 1. The normalized spacial score (nSPS) is 11.4. The molecular formula is C22H14N5O5S+. The second-order valence-corrected chi connectivity index (χ2v) is 8.06. The van der Waals surface area contributed by atoms with Crippen molar-refractivity contribution < 1.29 is 18.4 Å². The zero-order valence-electron chi connectivity index (χ0n) is 17.0. The van der Waals surface area contributed by atoms with E-state index in [4.69, 9.17) is 13.7 Å². The van der Waals surface area contributed by atoms with Crippen LogP contribution in [0.3, 0.4) is 0 Å². The van der Waals surface area contributed by atoms with Crippen LogP contribution >= 0.6 is 11.3 Å². The van der Waals surface area contributed by atoms with E-state index in [1.165, 1.54) is 20.5 Å². The predicted molar refractivity (Wildman–Crippen MR) is 119 cm³/mol. The lowest BCUT2D eigenvalue weighted by atomic mass is 10.1. The molecule has 0 amide bonds. The van der Waals surface area contributed by atoms with Gasteiger partial charge in [-0.15, -0.1) is 5.10 Å². The molecule has 4 aromatic heterocycles. The van der Waals surface area contributed by atoms with Crippen molar-refractivity contribution in [1.29, 1.82) is 0 Å². The number of ether oxygens (including phenoxy) is 1. The van der Waals surface area contributed by atoms with Gasteiger partial charge >= 0.3 is 16.9 Å². The van der Waals surface area contributed by atoms with Crippen LogP contribution in [0.25, 0.3) is 43.6 Å². The third-order valence-corrected chi connectivity index (χ3v) is 6.07. The molecular weight excluding hydrogens is 446 g/mol. The van der Waals surface area contributed by atoms with Crippen LogP contribution < -0.4 is 20.7 Å². The van der Waals surface area contributed by atoms with E-state index in [0.29, 0.717) is 38.2 Å². The van der Waals surface area contributed by atoms with Gasteiger partial charge in [0.25, 0.3) is 0 Å². The van der Waals surface area contributed by atoms with Gasteiger partial charge in [0, 0.05) is 17.5 Å². The Morgan fingerprint density at radius 2 is 1.91 bits per heavy atom. The molecule has 0 aliphatic rings. The standard InChI is InChI=1S/C22H13N5O5S/c1-30-14-8-6-13(7-9-14)27-18(21(29)32-25-27)19-24-26-11-16(23-22(26)33-19)15-10-12-4-2-3-5-17(12)31-20(15)28/h2-11H,1H3/p+1. The first-order valence-electron chi connectivity index (χ1n) is 9.78. The molecule has 0 saturated carbocycles. The lowest BCUT2D eigenvalue weighted by Gasteiger charge is -1.98. The van der Waals surface area contributed by atoms with Gasteiger partial charge in [-0.05, 0) is 34.2 Å². The minimum atomic E-state index is -0.571. The topological polar surface area (TPSA) is 120 Å². The van der Waals surface area contributed by atoms with E-state index in [2.05, 4.69) is 15.4 Å². The fourth-order valence-corrected chi connectivity index (χ4v) is 4.44. The van der Waals surface area contributed by atoms with Crippen molar-refractivity contribution in [2.75, 3.05) is 7.11 Å². The third-order valence-electron chi connectivity index (χ3n) is 5.14. The first-order valence-corrected chi connectivity index (χ1v) is 10.6. The summed E-state index contributed by atoms with van der Waals surface area (Å²) < 4.78 is 18.6. The van der Waals surface area contributed by atoms with Gasteiger partial charge in [-0.3, -0.25) is 4.52 Å². The van der Waals surface area contributed by atoms with Crippen LogP contribution in [0, 0.1) is 0 Å². The Morgan fingerprint density at radius 1 is 1.09 bits per heavy atom. The molecule has 1 N–H and O–H groups in total. The first kappa shape index (κ1) is 19.2. The van der Waals surface area contributed by atoms with E-state index in [1.54, 1.807) is 55.8 Å². The van der Waals surface area contributed by atoms with Crippen LogP contribution in [0.15, 0.2) is 79.3 Å². The second-order valence-electron chi connectivity index (χ2n) is 7.11. The molecule has 0 saturated heterocycles. The molecule has 0 unspecified atom stereocenters. The summed E-state index contributed by atoms with van der Waals surface area (Å²) in [7, 11) is 1.58. The zero-order valence-corrected chi connectivity index (χ0v) is 17.8. The number of aromatic amines is 1. The quantitative estimate of drug-likeness (QED) is 0.317. The van der Waals surface area contributed by atoms with Gasteiger partial charge in [-0.1, -0.05) is 29.5 Å². The molecule has 162 valence electrons. The molecule has 0 aliphatic heterocycles. The number of fused-ring (bicyclic) bond motifs is 2. The van der Waals surface area contributed by atoms with Crippen LogP contribution in [-0.2, 0) is 0 Å². The van der Waals surface area contributed by atoms with Gasteiger partial charge in [-0.2, -0.15) is 0 Å². The average Bonchev–Trinajstić information content (AvgIpc) is 3.51. The van der Waals surface area contributed by atoms with Crippen molar-refractivity contribution in [3.05, 3.63) is 81.6 Å². The molecule has 0 fully saturated rings. The van der Waals surface area contributed by atoms with E-state index < -0.39 is 11.3 Å². The van der Waals surface area contributed by atoms with Crippen molar-refractivity contribution in [2.24, 2.45) is 0 Å². The number of hydrogen-bond acceptors (Lipinski definition) is 8. The fraction of sp³-hybridized carbons (Fsp3) is 0.0455. The van der Waals surface area contributed by atoms with Crippen molar-refractivity contribution in [2.45, 2.75) is 0 Å². The average molecular weight is 460 g/mol. The molecule has 6 aromatic rings. The van der Waals surface area contributed by atoms with Gasteiger partial charge in [0.1, 0.15) is 11.3 Å². The SMILES string of the molecule is COc1ccc(-[n+]2[nH]oc(=O)c2-c2nn3cc(-c4cc5ccccc5oc4=O)nc3s2)cc1. The van der Waals surface area contributed by atoms with E-state index in [-0.39, 0.29) is 5.69 Å². The minimum Gasteiger partial charge on any atom is -0.497 e. The molecule has 6 rings (SSSR count). The summed E-state index contributed by atoms with van der Waals surface area (Å²) in [6, 6.07) is 16.1. The number of benzene rings is 2. The van der Waals surface area contributed by atoms with Crippen LogP contribution in [0.1, 0.15) is 0 Å². The number of imidazole rings is 1. The summed E-state index contributed by atoms with van der Waals surface area (Å²) >= 11 is 1.19. The summed E-state index contributed by atoms with van der Waals surface area (Å²) in [5.74, 6) is 0.685. The zero-order chi connectivity index (χ0) is 22.5. The lowest BCUT2D eigenvalue weighted by molar-refractivity contribution is -0.660. The highest BCUT2D eigenvalue weighted by atomic mass is 32.1. The molecule has 10 nitrogen and oxygen atoms in total. The van der Waals surface area contributed by atoms with Crippen molar-refractivity contribution >= 4 is 27.3 Å². The maximum absolute atomic E-state index is 12.5. The number of H-pyrrole nitrogens is 1.